The largest absolute Gasteiger partial charge is 0.454 e. The van der Waals surface area contributed by atoms with Gasteiger partial charge in [-0.2, -0.15) is 0 Å². The highest BCUT2D eigenvalue weighted by molar-refractivity contribution is 7.20. The number of amides is 1. The van der Waals surface area contributed by atoms with Crippen molar-refractivity contribution < 1.29 is 19.4 Å². The fourth-order valence-electron chi connectivity index (χ4n) is 2.63. The lowest BCUT2D eigenvalue weighted by Crippen LogP contribution is -2.38. The van der Waals surface area contributed by atoms with Gasteiger partial charge in [0, 0.05) is 0 Å². The number of hydrogen-bond acceptors (Lipinski definition) is 6. The molecule has 0 bridgehead atoms. The van der Waals surface area contributed by atoms with Crippen molar-refractivity contribution >= 4 is 27.5 Å². The van der Waals surface area contributed by atoms with Crippen molar-refractivity contribution in [3.63, 3.8) is 0 Å². The number of benzene rings is 2. The molecule has 2 aromatic carbocycles. The van der Waals surface area contributed by atoms with Gasteiger partial charge in [-0.25, -0.2) is 4.98 Å². The summed E-state index contributed by atoms with van der Waals surface area (Å²) in [6.07, 6.45) is 0. The molecule has 1 aliphatic heterocycles. The topological polar surface area (TPSA) is 80.7 Å². The lowest BCUT2D eigenvalue weighted by atomic mass is 9.95. The zero-order valence-electron chi connectivity index (χ0n) is 13.5. The summed E-state index contributed by atoms with van der Waals surface area (Å²) in [6, 6.07) is 12.8. The monoisotopic (exact) mass is 356 g/mol. The molecule has 0 saturated carbocycles. The summed E-state index contributed by atoms with van der Waals surface area (Å²) < 4.78 is 11.6. The molecule has 4 rings (SSSR count). The third kappa shape index (κ3) is 3.04. The van der Waals surface area contributed by atoms with E-state index in [0.29, 0.717) is 22.1 Å². The normalized spacial score (nSPS) is 15.1. The molecule has 0 spiro atoms. The molecule has 1 amide bonds. The first-order chi connectivity index (χ1) is 12.0. The summed E-state index contributed by atoms with van der Waals surface area (Å²) in [5.74, 6) is 0.940. The Kier molecular flexibility index (Phi) is 3.82. The first-order valence-corrected chi connectivity index (χ1v) is 8.61. The van der Waals surface area contributed by atoms with E-state index < -0.39 is 5.60 Å². The smallest absolute Gasteiger partial charge is 0.280 e. The van der Waals surface area contributed by atoms with Crippen LogP contribution in [0.2, 0.25) is 0 Å². The predicted molar refractivity (Wildman–Crippen MR) is 94.1 cm³/mol. The van der Waals surface area contributed by atoms with Crippen LogP contribution in [0, 0.1) is 0 Å². The Morgan fingerprint density at radius 1 is 1.28 bits per heavy atom. The first-order valence-electron chi connectivity index (χ1n) is 7.79. The predicted octanol–water partition coefficient (Wildman–Crippen LogP) is 2.66. The van der Waals surface area contributed by atoms with Crippen LogP contribution in [-0.2, 0) is 5.60 Å². The maximum Gasteiger partial charge on any atom is 0.280 e. The summed E-state index contributed by atoms with van der Waals surface area (Å²) in [4.78, 5) is 16.7. The average Bonchev–Trinajstić information content (AvgIpc) is 3.25. The first kappa shape index (κ1) is 15.9. The molecule has 0 saturated heterocycles. The fourth-order valence-corrected chi connectivity index (χ4v) is 3.51. The number of para-hydroxylation sites is 1. The number of hydrogen-bond donors (Lipinski definition) is 2. The molecule has 0 fully saturated rings. The Morgan fingerprint density at radius 2 is 2.08 bits per heavy atom. The zero-order valence-corrected chi connectivity index (χ0v) is 14.3. The Bertz CT molecular complexity index is 918. The Hall–Kier alpha value is -2.64. The summed E-state index contributed by atoms with van der Waals surface area (Å²) >= 11 is 1.33. The van der Waals surface area contributed by atoms with Crippen molar-refractivity contribution in [2.45, 2.75) is 12.5 Å². The standard InChI is InChI=1S/C18H16N2O4S/c1-18(22,11-6-7-13-14(8-11)24-10-23-13)9-19-16(21)17-20-12-4-2-3-5-15(12)25-17/h2-8,22H,9-10H2,1H3,(H,19,21). The lowest BCUT2D eigenvalue weighted by molar-refractivity contribution is 0.0525. The molecule has 1 aliphatic rings. The van der Waals surface area contributed by atoms with Crippen molar-refractivity contribution in [3.8, 4) is 11.5 Å². The minimum atomic E-state index is -1.24. The summed E-state index contributed by atoms with van der Waals surface area (Å²) in [5.41, 5.74) is 0.189. The molecule has 2 N–H and O–H groups in total. The lowest BCUT2D eigenvalue weighted by Gasteiger charge is -2.24. The van der Waals surface area contributed by atoms with Crippen LogP contribution in [0.4, 0.5) is 0 Å². The maximum absolute atomic E-state index is 12.4. The molecule has 3 aromatic rings. The molecule has 1 atom stereocenters. The molecular weight excluding hydrogens is 340 g/mol. The number of aromatic nitrogens is 1. The SMILES string of the molecule is CC(O)(CNC(=O)c1nc2ccccc2s1)c1ccc2c(c1)OCO2. The van der Waals surface area contributed by atoms with Gasteiger partial charge in [-0.3, -0.25) is 4.79 Å². The van der Waals surface area contributed by atoms with Gasteiger partial charge in [0.05, 0.1) is 16.8 Å². The molecule has 0 radical (unpaired) electrons. The minimum Gasteiger partial charge on any atom is -0.454 e. The molecule has 2 heterocycles. The highest BCUT2D eigenvalue weighted by atomic mass is 32.1. The summed E-state index contributed by atoms with van der Waals surface area (Å²) in [6.45, 7) is 1.87. The van der Waals surface area contributed by atoms with E-state index in [1.54, 1.807) is 25.1 Å². The molecule has 128 valence electrons. The number of ether oxygens (including phenoxy) is 2. The molecular formula is C18H16N2O4S. The molecule has 1 unspecified atom stereocenters. The Labute approximate surface area is 148 Å². The van der Waals surface area contributed by atoms with Crippen molar-refractivity contribution in [2.24, 2.45) is 0 Å². The third-order valence-corrected chi connectivity index (χ3v) is 5.11. The van der Waals surface area contributed by atoms with E-state index in [0.717, 1.165) is 10.2 Å². The van der Waals surface area contributed by atoms with Crippen LogP contribution in [0.3, 0.4) is 0 Å². The van der Waals surface area contributed by atoms with Crippen LogP contribution >= 0.6 is 11.3 Å². The average molecular weight is 356 g/mol. The quantitative estimate of drug-likeness (QED) is 0.751. The number of aliphatic hydroxyl groups is 1. The van der Waals surface area contributed by atoms with Crippen LogP contribution in [0.1, 0.15) is 22.3 Å². The van der Waals surface area contributed by atoms with Crippen LogP contribution in [0.5, 0.6) is 11.5 Å². The second kappa shape index (κ2) is 6.02. The van der Waals surface area contributed by atoms with E-state index >= 15 is 0 Å². The van der Waals surface area contributed by atoms with Gasteiger partial charge in [-0.05, 0) is 36.8 Å². The Balaban J connectivity index is 1.48. The van der Waals surface area contributed by atoms with E-state index in [9.17, 15) is 9.90 Å². The second-order valence-corrected chi connectivity index (χ2v) is 7.04. The molecule has 7 heteroatoms. The van der Waals surface area contributed by atoms with Gasteiger partial charge in [0.1, 0.15) is 5.60 Å². The number of carbonyl (C=O) groups is 1. The minimum absolute atomic E-state index is 0.0569. The van der Waals surface area contributed by atoms with E-state index in [2.05, 4.69) is 10.3 Å². The zero-order chi connectivity index (χ0) is 17.4. The van der Waals surface area contributed by atoms with E-state index in [1.807, 2.05) is 24.3 Å². The number of carbonyl (C=O) groups excluding carboxylic acids is 1. The van der Waals surface area contributed by atoms with Gasteiger partial charge in [0.25, 0.3) is 5.91 Å². The second-order valence-electron chi connectivity index (χ2n) is 6.01. The van der Waals surface area contributed by atoms with Crippen LogP contribution in [-0.4, -0.2) is 29.3 Å². The number of thiazole rings is 1. The van der Waals surface area contributed by atoms with Crippen LogP contribution in [0.25, 0.3) is 10.2 Å². The molecule has 25 heavy (non-hydrogen) atoms. The maximum atomic E-state index is 12.4. The van der Waals surface area contributed by atoms with Crippen molar-refractivity contribution in [1.82, 2.24) is 10.3 Å². The highest BCUT2D eigenvalue weighted by Crippen LogP contribution is 2.35. The van der Waals surface area contributed by atoms with E-state index in [1.165, 1.54) is 11.3 Å². The summed E-state index contributed by atoms with van der Waals surface area (Å²) in [7, 11) is 0. The molecule has 6 nitrogen and oxygen atoms in total. The van der Waals surface area contributed by atoms with Gasteiger partial charge in [-0.15, -0.1) is 11.3 Å². The molecule has 0 aliphatic carbocycles. The number of nitrogens with one attached hydrogen (secondary N) is 1. The number of fused-ring (bicyclic) bond motifs is 2. The van der Waals surface area contributed by atoms with Gasteiger partial charge in [0.15, 0.2) is 16.5 Å². The summed E-state index contributed by atoms with van der Waals surface area (Å²) in [5, 5.41) is 13.9. The van der Waals surface area contributed by atoms with Crippen LogP contribution < -0.4 is 14.8 Å². The molecule has 1 aromatic heterocycles. The Morgan fingerprint density at radius 3 is 2.92 bits per heavy atom. The van der Waals surface area contributed by atoms with Crippen LogP contribution in [0.15, 0.2) is 42.5 Å². The van der Waals surface area contributed by atoms with Gasteiger partial charge in [0.2, 0.25) is 6.79 Å². The van der Waals surface area contributed by atoms with Crippen molar-refractivity contribution in [1.29, 1.82) is 0 Å². The third-order valence-electron chi connectivity index (χ3n) is 4.08. The van der Waals surface area contributed by atoms with Crippen molar-refractivity contribution in [3.05, 3.63) is 53.0 Å². The van der Waals surface area contributed by atoms with Gasteiger partial charge < -0.3 is 19.9 Å². The van der Waals surface area contributed by atoms with Crippen molar-refractivity contribution in [2.75, 3.05) is 13.3 Å². The van der Waals surface area contributed by atoms with Gasteiger partial charge in [-0.1, -0.05) is 18.2 Å². The number of rotatable bonds is 4. The fraction of sp³-hybridized carbons (Fsp3) is 0.222. The number of nitrogens with zero attached hydrogens (tertiary/aromatic N) is 1. The highest BCUT2D eigenvalue weighted by Gasteiger charge is 2.27. The van der Waals surface area contributed by atoms with E-state index in [4.69, 9.17) is 9.47 Å². The van der Waals surface area contributed by atoms with E-state index in [-0.39, 0.29) is 19.2 Å². The van der Waals surface area contributed by atoms with Gasteiger partial charge >= 0.3 is 0 Å².